The molecule has 2 nitrogen and oxygen atoms in total. The van der Waals surface area contributed by atoms with Crippen LogP contribution >= 0.6 is 0 Å². The summed E-state index contributed by atoms with van der Waals surface area (Å²) < 4.78 is 14.0. The molecule has 2 aromatic carbocycles. The first-order valence-corrected chi connectivity index (χ1v) is 7.04. The van der Waals surface area contributed by atoms with Gasteiger partial charge in [0.15, 0.2) is 0 Å². The Balaban J connectivity index is 2.02. The van der Waals surface area contributed by atoms with E-state index in [1.54, 1.807) is 12.1 Å². The van der Waals surface area contributed by atoms with E-state index in [0.717, 1.165) is 30.5 Å². The van der Waals surface area contributed by atoms with Crippen LogP contribution in [0.25, 0.3) is 0 Å². The van der Waals surface area contributed by atoms with Crippen LogP contribution in [0, 0.1) is 5.82 Å². The second-order valence-corrected chi connectivity index (χ2v) is 5.14. The third kappa shape index (κ3) is 2.03. The summed E-state index contributed by atoms with van der Waals surface area (Å²) in [6.45, 7) is 2.77. The molecule has 0 spiro atoms. The molecule has 2 aromatic rings. The van der Waals surface area contributed by atoms with Crippen molar-refractivity contribution in [2.75, 3.05) is 11.4 Å². The summed E-state index contributed by atoms with van der Waals surface area (Å²) in [6.07, 6.45) is 1.76. The third-order valence-electron chi connectivity index (χ3n) is 4.09. The van der Waals surface area contributed by atoms with Gasteiger partial charge in [0.1, 0.15) is 11.6 Å². The quantitative estimate of drug-likeness (QED) is 0.910. The SMILES string of the molecule is CCN(c1ccccc1F)C1CCc2c(O)cccc21. The number of nitrogens with zero attached hydrogens (tertiary/aromatic N) is 1. The second kappa shape index (κ2) is 5.16. The van der Waals surface area contributed by atoms with Gasteiger partial charge in [-0.05, 0) is 49.1 Å². The molecule has 0 saturated heterocycles. The molecule has 1 atom stereocenters. The van der Waals surface area contributed by atoms with E-state index in [9.17, 15) is 9.50 Å². The van der Waals surface area contributed by atoms with Crippen molar-refractivity contribution in [2.24, 2.45) is 0 Å². The minimum Gasteiger partial charge on any atom is -0.508 e. The number of aromatic hydroxyl groups is 1. The van der Waals surface area contributed by atoms with Crippen LogP contribution in [0.15, 0.2) is 42.5 Å². The number of fused-ring (bicyclic) bond motifs is 1. The van der Waals surface area contributed by atoms with E-state index in [-0.39, 0.29) is 11.9 Å². The molecule has 1 N–H and O–H groups in total. The Morgan fingerprint density at radius 1 is 1.20 bits per heavy atom. The van der Waals surface area contributed by atoms with Gasteiger partial charge in [0.05, 0.1) is 11.7 Å². The maximum absolute atomic E-state index is 14.0. The first-order valence-electron chi connectivity index (χ1n) is 7.04. The van der Waals surface area contributed by atoms with E-state index in [4.69, 9.17) is 0 Å². The van der Waals surface area contributed by atoms with Crippen LogP contribution in [0.5, 0.6) is 5.75 Å². The molecule has 3 heteroatoms. The fourth-order valence-corrected chi connectivity index (χ4v) is 3.18. The molecule has 1 aliphatic carbocycles. The van der Waals surface area contributed by atoms with Crippen LogP contribution in [0.4, 0.5) is 10.1 Å². The highest BCUT2D eigenvalue weighted by Crippen LogP contribution is 2.41. The minimum absolute atomic E-state index is 0.138. The van der Waals surface area contributed by atoms with Crippen molar-refractivity contribution in [3.8, 4) is 5.75 Å². The van der Waals surface area contributed by atoms with Crippen LogP contribution in [-0.2, 0) is 6.42 Å². The van der Waals surface area contributed by atoms with E-state index in [2.05, 4.69) is 4.90 Å². The van der Waals surface area contributed by atoms with Gasteiger partial charge >= 0.3 is 0 Å². The van der Waals surface area contributed by atoms with E-state index in [1.165, 1.54) is 6.07 Å². The van der Waals surface area contributed by atoms with Crippen LogP contribution in [0.3, 0.4) is 0 Å². The third-order valence-corrected chi connectivity index (χ3v) is 4.09. The number of halogens is 1. The molecule has 0 aromatic heterocycles. The number of hydrogen-bond donors (Lipinski definition) is 1. The van der Waals surface area contributed by atoms with Crippen molar-refractivity contribution in [1.29, 1.82) is 0 Å². The molecule has 0 fully saturated rings. The van der Waals surface area contributed by atoms with E-state index < -0.39 is 0 Å². The summed E-state index contributed by atoms with van der Waals surface area (Å²) in [4.78, 5) is 2.08. The zero-order chi connectivity index (χ0) is 14.1. The topological polar surface area (TPSA) is 23.5 Å². The fraction of sp³-hybridized carbons (Fsp3) is 0.294. The first kappa shape index (κ1) is 13.0. The molecule has 3 rings (SSSR count). The molecular formula is C17H18FNO. The molecular weight excluding hydrogens is 253 g/mol. The monoisotopic (exact) mass is 271 g/mol. The Morgan fingerprint density at radius 2 is 2.00 bits per heavy atom. The molecule has 0 amide bonds. The van der Waals surface area contributed by atoms with Crippen molar-refractivity contribution in [2.45, 2.75) is 25.8 Å². The Kier molecular flexibility index (Phi) is 3.35. The lowest BCUT2D eigenvalue weighted by molar-refractivity contribution is 0.469. The normalized spacial score (nSPS) is 17.0. The smallest absolute Gasteiger partial charge is 0.146 e. The second-order valence-electron chi connectivity index (χ2n) is 5.14. The summed E-state index contributed by atoms with van der Waals surface area (Å²) in [7, 11) is 0. The lowest BCUT2D eigenvalue weighted by Gasteiger charge is -2.31. The van der Waals surface area contributed by atoms with Gasteiger partial charge in [0.2, 0.25) is 0 Å². The van der Waals surface area contributed by atoms with Gasteiger partial charge in [-0.2, -0.15) is 0 Å². The van der Waals surface area contributed by atoms with E-state index >= 15 is 0 Å². The number of benzene rings is 2. The lowest BCUT2D eigenvalue weighted by Crippen LogP contribution is -2.27. The Morgan fingerprint density at radius 3 is 2.75 bits per heavy atom. The Labute approximate surface area is 118 Å². The van der Waals surface area contributed by atoms with E-state index in [1.807, 2.05) is 31.2 Å². The van der Waals surface area contributed by atoms with Crippen molar-refractivity contribution < 1.29 is 9.50 Å². The van der Waals surface area contributed by atoms with Gasteiger partial charge in [-0.15, -0.1) is 0 Å². The van der Waals surface area contributed by atoms with Crippen molar-refractivity contribution in [1.82, 2.24) is 0 Å². The van der Waals surface area contributed by atoms with Gasteiger partial charge in [-0.3, -0.25) is 0 Å². The highest BCUT2D eigenvalue weighted by Gasteiger charge is 2.29. The maximum Gasteiger partial charge on any atom is 0.146 e. The largest absolute Gasteiger partial charge is 0.508 e. The maximum atomic E-state index is 14.0. The summed E-state index contributed by atoms with van der Waals surface area (Å²) >= 11 is 0. The average molecular weight is 271 g/mol. The van der Waals surface area contributed by atoms with Crippen molar-refractivity contribution in [3.63, 3.8) is 0 Å². The summed E-state index contributed by atoms with van der Waals surface area (Å²) in [5, 5.41) is 9.94. The highest BCUT2D eigenvalue weighted by atomic mass is 19.1. The molecule has 1 aliphatic rings. The first-order chi connectivity index (χ1) is 9.72. The van der Waals surface area contributed by atoms with Gasteiger partial charge in [0, 0.05) is 6.54 Å². The van der Waals surface area contributed by atoms with Crippen molar-refractivity contribution >= 4 is 5.69 Å². The zero-order valence-corrected chi connectivity index (χ0v) is 11.5. The molecule has 0 saturated carbocycles. The fourth-order valence-electron chi connectivity index (χ4n) is 3.18. The van der Waals surface area contributed by atoms with Crippen LogP contribution in [0.1, 0.15) is 30.5 Å². The number of phenols is 1. The van der Waals surface area contributed by atoms with Crippen LogP contribution in [0.2, 0.25) is 0 Å². The van der Waals surface area contributed by atoms with Gasteiger partial charge < -0.3 is 10.0 Å². The Hall–Kier alpha value is -2.03. The van der Waals surface area contributed by atoms with Crippen LogP contribution < -0.4 is 4.90 Å². The molecule has 20 heavy (non-hydrogen) atoms. The molecule has 1 unspecified atom stereocenters. The van der Waals surface area contributed by atoms with Crippen LogP contribution in [-0.4, -0.2) is 11.7 Å². The number of anilines is 1. The molecule has 0 heterocycles. The standard InChI is InChI=1S/C17H18FNO/c1-2-19(16-8-4-3-7-14(16)18)15-11-10-13-12(15)6-5-9-17(13)20/h3-9,15,20H,2,10-11H2,1H3. The predicted molar refractivity (Wildman–Crippen MR) is 78.6 cm³/mol. The highest BCUT2D eigenvalue weighted by molar-refractivity contribution is 5.54. The summed E-state index contributed by atoms with van der Waals surface area (Å²) in [5.41, 5.74) is 2.76. The van der Waals surface area contributed by atoms with Gasteiger partial charge in [-0.25, -0.2) is 4.39 Å². The molecule has 104 valence electrons. The van der Waals surface area contributed by atoms with E-state index in [0.29, 0.717) is 11.4 Å². The summed E-state index contributed by atoms with van der Waals surface area (Å²) in [6, 6.07) is 12.6. The molecule has 0 aliphatic heterocycles. The lowest BCUT2D eigenvalue weighted by atomic mass is 10.1. The number of hydrogen-bond acceptors (Lipinski definition) is 2. The molecule has 0 bridgehead atoms. The predicted octanol–water partition coefficient (Wildman–Crippen LogP) is 4.05. The number of para-hydroxylation sites is 1. The van der Waals surface area contributed by atoms with Gasteiger partial charge in [0.25, 0.3) is 0 Å². The minimum atomic E-state index is -0.192. The zero-order valence-electron chi connectivity index (χ0n) is 11.5. The van der Waals surface area contributed by atoms with Crippen molar-refractivity contribution in [3.05, 3.63) is 59.4 Å². The van der Waals surface area contributed by atoms with Gasteiger partial charge in [-0.1, -0.05) is 24.3 Å². The number of phenolic OH excluding ortho intramolecular Hbond substituents is 1. The molecule has 0 radical (unpaired) electrons. The summed E-state index contributed by atoms with van der Waals surface area (Å²) in [5.74, 6) is 0.164. The Bertz CT molecular complexity index is 626. The average Bonchev–Trinajstić information content (AvgIpc) is 2.87. The number of rotatable bonds is 3.